The van der Waals surface area contributed by atoms with Gasteiger partial charge in [0.05, 0.1) is 24.1 Å². The fourth-order valence-corrected chi connectivity index (χ4v) is 5.70. The van der Waals surface area contributed by atoms with Crippen molar-refractivity contribution in [1.29, 1.82) is 0 Å². The quantitative estimate of drug-likeness (QED) is 0.393. The van der Waals surface area contributed by atoms with E-state index in [0.29, 0.717) is 49.2 Å². The monoisotopic (exact) mass is 621 g/mol. The van der Waals surface area contributed by atoms with Crippen molar-refractivity contribution in [3.63, 3.8) is 0 Å². The molecular formula is C29H35ClF3N7O3. The van der Waals surface area contributed by atoms with Crippen molar-refractivity contribution in [2.45, 2.75) is 51.4 Å². The molecule has 0 N–H and O–H groups in total. The van der Waals surface area contributed by atoms with E-state index in [1.165, 1.54) is 19.2 Å². The summed E-state index contributed by atoms with van der Waals surface area (Å²) < 4.78 is 50.2. The molecule has 1 atom stereocenters. The number of aryl methyl sites for hydroxylation is 1. The van der Waals surface area contributed by atoms with Crippen LogP contribution in [0.15, 0.2) is 36.5 Å². The molecule has 0 saturated carbocycles. The van der Waals surface area contributed by atoms with Crippen molar-refractivity contribution in [2.75, 3.05) is 51.2 Å². The summed E-state index contributed by atoms with van der Waals surface area (Å²) in [6.07, 6.45) is -1.82. The maximum absolute atomic E-state index is 14.4. The number of alkyl halides is 3. The largest absolute Gasteiger partial charge is 0.444 e. The molecule has 1 fully saturated rings. The number of aromatic nitrogens is 3. The molecule has 0 spiro atoms. The van der Waals surface area contributed by atoms with Gasteiger partial charge in [-0.05, 0) is 51.3 Å². The summed E-state index contributed by atoms with van der Waals surface area (Å²) in [4.78, 5) is 35.9. The summed E-state index contributed by atoms with van der Waals surface area (Å²) in [6.45, 7) is 7.16. The topological polar surface area (TPSA) is 86.5 Å². The molecule has 0 aliphatic carbocycles. The lowest BCUT2D eigenvalue weighted by Crippen LogP contribution is -2.52. The van der Waals surface area contributed by atoms with Crippen LogP contribution in [0.2, 0.25) is 5.15 Å². The number of hydrogen-bond donors (Lipinski definition) is 0. The first-order valence-corrected chi connectivity index (χ1v) is 14.5. The van der Waals surface area contributed by atoms with Crippen LogP contribution in [-0.2, 0) is 16.0 Å². The van der Waals surface area contributed by atoms with E-state index in [9.17, 15) is 22.8 Å². The highest BCUT2D eigenvalue weighted by Crippen LogP contribution is 2.39. The molecule has 2 aliphatic rings. The molecular weight excluding hydrogens is 587 g/mol. The third kappa shape index (κ3) is 6.82. The molecule has 2 aliphatic heterocycles. The molecule has 1 aromatic carbocycles. The third-order valence-electron chi connectivity index (χ3n) is 7.61. The minimum absolute atomic E-state index is 0.0356. The van der Waals surface area contributed by atoms with Crippen LogP contribution >= 0.6 is 11.6 Å². The van der Waals surface area contributed by atoms with E-state index in [0.717, 1.165) is 29.1 Å². The van der Waals surface area contributed by atoms with E-state index in [4.69, 9.17) is 16.3 Å². The van der Waals surface area contributed by atoms with Gasteiger partial charge in [-0.15, -0.1) is 0 Å². The lowest BCUT2D eigenvalue weighted by molar-refractivity contribution is -0.189. The molecule has 3 aromatic rings. The first kappa shape index (κ1) is 30.9. The van der Waals surface area contributed by atoms with Crippen molar-refractivity contribution in [1.82, 2.24) is 29.3 Å². The number of fused-ring (bicyclic) bond motifs is 3. The second-order valence-corrected chi connectivity index (χ2v) is 12.3. The highest BCUT2D eigenvalue weighted by atomic mass is 35.5. The summed E-state index contributed by atoms with van der Waals surface area (Å²) in [6, 6.07) is 5.67. The Hall–Kier alpha value is -3.58. The third-order valence-corrected chi connectivity index (χ3v) is 7.80. The number of carbonyl (C=O) groups excluding carboxylic acids is 2. The van der Waals surface area contributed by atoms with E-state index in [-0.39, 0.29) is 12.1 Å². The Morgan fingerprint density at radius 2 is 1.74 bits per heavy atom. The number of ether oxygens (including phenoxy) is 1. The number of nitrogens with zero attached hydrogens (tertiary/aromatic N) is 7. The zero-order chi connectivity index (χ0) is 31.1. The second kappa shape index (κ2) is 11.8. The van der Waals surface area contributed by atoms with Gasteiger partial charge in [-0.1, -0.05) is 23.7 Å². The van der Waals surface area contributed by atoms with Gasteiger partial charge in [0.1, 0.15) is 5.60 Å². The van der Waals surface area contributed by atoms with Gasteiger partial charge in [-0.25, -0.2) is 14.3 Å². The van der Waals surface area contributed by atoms with E-state index < -0.39 is 29.8 Å². The van der Waals surface area contributed by atoms with Gasteiger partial charge < -0.3 is 19.4 Å². The molecule has 4 heterocycles. The van der Waals surface area contributed by atoms with Crippen LogP contribution in [-0.4, -0.2) is 99.4 Å². The standard InChI is InChI=1S/C29H35ClF3N7O3/c1-28(2,3)43-27(42)38-14-12-37(13-15-38)18-25(41)36(4)26(29(31,32)33)19-7-9-20(10-8-19)39-11-5-6-21-22(39)17-34-24-16-23(30)35-40(21)24/h7-10,16-17,26H,5-6,11-15,18H2,1-4H3/t26-/m0/s1. The highest BCUT2D eigenvalue weighted by molar-refractivity contribution is 6.29. The number of carbonyl (C=O) groups is 2. The zero-order valence-electron chi connectivity index (χ0n) is 24.6. The lowest BCUT2D eigenvalue weighted by Gasteiger charge is -2.37. The highest BCUT2D eigenvalue weighted by Gasteiger charge is 2.45. The van der Waals surface area contributed by atoms with E-state index >= 15 is 0 Å². The Balaban J connectivity index is 1.27. The number of rotatable bonds is 5. The van der Waals surface area contributed by atoms with Gasteiger partial charge in [0.2, 0.25) is 5.91 Å². The molecule has 14 heteroatoms. The van der Waals surface area contributed by atoms with Crippen LogP contribution in [0.5, 0.6) is 0 Å². The van der Waals surface area contributed by atoms with Gasteiger partial charge in [0.25, 0.3) is 0 Å². The maximum Gasteiger partial charge on any atom is 0.413 e. The molecule has 2 aromatic heterocycles. The Bertz CT molecular complexity index is 1480. The predicted molar refractivity (Wildman–Crippen MR) is 156 cm³/mol. The molecule has 232 valence electrons. The van der Waals surface area contributed by atoms with Crippen LogP contribution in [0.4, 0.5) is 29.3 Å². The maximum atomic E-state index is 14.4. The number of halogens is 4. The first-order chi connectivity index (χ1) is 20.2. The molecule has 0 unspecified atom stereocenters. The number of piperazine rings is 1. The number of hydrogen-bond acceptors (Lipinski definition) is 7. The van der Waals surface area contributed by atoms with Crippen molar-refractivity contribution in [2.24, 2.45) is 0 Å². The van der Waals surface area contributed by atoms with Gasteiger partial charge in [0.15, 0.2) is 16.8 Å². The van der Waals surface area contributed by atoms with Gasteiger partial charge in [-0.3, -0.25) is 9.69 Å². The number of amides is 2. The first-order valence-electron chi connectivity index (χ1n) is 14.1. The number of benzene rings is 1. The van der Waals surface area contributed by atoms with E-state index in [1.54, 1.807) is 59.5 Å². The minimum atomic E-state index is -4.69. The van der Waals surface area contributed by atoms with Crippen molar-refractivity contribution in [3.8, 4) is 0 Å². The smallest absolute Gasteiger partial charge is 0.413 e. The minimum Gasteiger partial charge on any atom is -0.444 e. The van der Waals surface area contributed by atoms with E-state index in [1.807, 2.05) is 4.90 Å². The van der Waals surface area contributed by atoms with Crippen molar-refractivity contribution in [3.05, 3.63) is 52.9 Å². The SMILES string of the molecule is CN(C(=O)CN1CCN(C(=O)OC(C)(C)C)CC1)[C@@H](c1ccc(N2CCCc3c2cnc2cc(Cl)nn32)cc1)C(F)(F)F. The van der Waals surface area contributed by atoms with Gasteiger partial charge in [-0.2, -0.15) is 18.3 Å². The normalized spacial score (nSPS) is 17.1. The molecule has 5 rings (SSSR count). The number of anilines is 2. The van der Waals surface area contributed by atoms with Crippen molar-refractivity contribution >= 4 is 40.6 Å². The average Bonchev–Trinajstić information content (AvgIpc) is 3.32. The fourth-order valence-electron chi connectivity index (χ4n) is 5.53. The van der Waals surface area contributed by atoms with Crippen LogP contribution in [0.1, 0.15) is 44.5 Å². The Morgan fingerprint density at radius 1 is 1.07 bits per heavy atom. The average molecular weight is 622 g/mol. The second-order valence-electron chi connectivity index (χ2n) is 11.9. The molecule has 0 radical (unpaired) electrons. The fraction of sp³-hybridized carbons (Fsp3) is 0.517. The Morgan fingerprint density at radius 3 is 2.37 bits per heavy atom. The summed E-state index contributed by atoms with van der Waals surface area (Å²) in [5.74, 6) is -0.657. The Labute approximate surface area is 252 Å². The predicted octanol–water partition coefficient (Wildman–Crippen LogP) is 5.08. The van der Waals surface area contributed by atoms with Crippen LogP contribution < -0.4 is 4.90 Å². The van der Waals surface area contributed by atoms with Crippen LogP contribution in [0.25, 0.3) is 5.65 Å². The molecule has 2 amide bonds. The van der Waals surface area contributed by atoms with Crippen molar-refractivity contribution < 1.29 is 27.5 Å². The Kier molecular flexibility index (Phi) is 8.50. The van der Waals surface area contributed by atoms with Gasteiger partial charge >= 0.3 is 12.3 Å². The van der Waals surface area contributed by atoms with Crippen LogP contribution in [0.3, 0.4) is 0 Å². The summed E-state index contributed by atoms with van der Waals surface area (Å²) in [7, 11) is 1.18. The number of likely N-dealkylation sites (N-methyl/N-ethyl adjacent to an activating group) is 1. The lowest BCUT2D eigenvalue weighted by atomic mass is 10.0. The van der Waals surface area contributed by atoms with Gasteiger partial charge in [0, 0.05) is 51.5 Å². The molecule has 0 bridgehead atoms. The summed E-state index contributed by atoms with van der Waals surface area (Å²) in [5, 5.41) is 4.66. The molecule has 1 saturated heterocycles. The molecule has 43 heavy (non-hydrogen) atoms. The van der Waals surface area contributed by atoms with Crippen LogP contribution in [0, 0.1) is 0 Å². The molecule has 10 nitrogen and oxygen atoms in total. The van der Waals surface area contributed by atoms with E-state index in [2.05, 4.69) is 10.1 Å². The summed E-state index contributed by atoms with van der Waals surface area (Å²) in [5.41, 5.74) is 2.42. The summed E-state index contributed by atoms with van der Waals surface area (Å²) >= 11 is 6.07. The zero-order valence-corrected chi connectivity index (χ0v) is 25.3.